The summed E-state index contributed by atoms with van der Waals surface area (Å²) in [5.74, 6) is -0.00782. The SMILES string of the molecule is COc1cc(Cl)c(O)c([C@@H]2O[C@H](CO)[C@H](O)[C@H](O)[C@H]2O)c1. The summed E-state index contributed by atoms with van der Waals surface area (Å²) in [6.45, 7) is -0.556. The van der Waals surface area contributed by atoms with Crippen molar-refractivity contribution >= 4 is 11.6 Å². The van der Waals surface area contributed by atoms with E-state index in [-0.39, 0.29) is 16.3 Å². The van der Waals surface area contributed by atoms with Crippen LogP contribution in [0.4, 0.5) is 0 Å². The number of halogens is 1. The minimum atomic E-state index is -1.54. The maximum absolute atomic E-state index is 10.0. The van der Waals surface area contributed by atoms with Gasteiger partial charge in [0.25, 0.3) is 0 Å². The van der Waals surface area contributed by atoms with Gasteiger partial charge in [-0.05, 0) is 6.07 Å². The zero-order chi connectivity index (χ0) is 15.7. The molecule has 0 bridgehead atoms. The maximum Gasteiger partial charge on any atom is 0.140 e. The van der Waals surface area contributed by atoms with Crippen molar-refractivity contribution in [3.8, 4) is 11.5 Å². The van der Waals surface area contributed by atoms with E-state index in [9.17, 15) is 20.4 Å². The van der Waals surface area contributed by atoms with Gasteiger partial charge in [0.15, 0.2) is 0 Å². The molecule has 1 saturated heterocycles. The van der Waals surface area contributed by atoms with E-state index in [2.05, 4.69) is 0 Å². The van der Waals surface area contributed by atoms with Gasteiger partial charge in [0.2, 0.25) is 0 Å². The molecule has 1 aromatic carbocycles. The molecule has 0 amide bonds. The van der Waals surface area contributed by atoms with Crippen molar-refractivity contribution in [3.63, 3.8) is 0 Å². The van der Waals surface area contributed by atoms with E-state index in [1.165, 1.54) is 19.2 Å². The lowest BCUT2D eigenvalue weighted by atomic mass is 9.91. The van der Waals surface area contributed by atoms with Crippen LogP contribution in [-0.2, 0) is 4.74 Å². The fraction of sp³-hybridized carbons (Fsp3) is 0.538. The van der Waals surface area contributed by atoms with E-state index >= 15 is 0 Å². The van der Waals surface area contributed by atoms with E-state index in [1.54, 1.807) is 0 Å². The highest BCUT2D eigenvalue weighted by atomic mass is 35.5. The van der Waals surface area contributed by atoms with Crippen LogP contribution in [0.5, 0.6) is 11.5 Å². The third-order valence-electron chi connectivity index (χ3n) is 3.50. The Morgan fingerprint density at radius 1 is 1.19 bits per heavy atom. The topological polar surface area (TPSA) is 120 Å². The zero-order valence-electron chi connectivity index (χ0n) is 11.2. The van der Waals surface area contributed by atoms with E-state index in [1.807, 2.05) is 0 Å². The molecule has 118 valence electrons. The van der Waals surface area contributed by atoms with Crippen LogP contribution in [0.3, 0.4) is 0 Å². The molecule has 0 aromatic heterocycles. The van der Waals surface area contributed by atoms with E-state index in [0.29, 0.717) is 5.75 Å². The molecule has 5 atom stereocenters. The van der Waals surface area contributed by atoms with Gasteiger partial charge in [0, 0.05) is 11.6 Å². The van der Waals surface area contributed by atoms with Crippen molar-refractivity contribution in [2.75, 3.05) is 13.7 Å². The molecule has 1 aliphatic heterocycles. The first-order valence-corrected chi connectivity index (χ1v) is 6.65. The molecule has 0 radical (unpaired) electrons. The highest BCUT2D eigenvalue weighted by molar-refractivity contribution is 6.32. The Labute approximate surface area is 125 Å². The molecule has 1 aliphatic rings. The molecule has 21 heavy (non-hydrogen) atoms. The van der Waals surface area contributed by atoms with Gasteiger partial charge < -0.3 is 35.0 Å². The number of ether oxygens (including phenoxy) is 2. The van der Waals surface area contributed by atoms with Crippen molar-refractivity contribution in [2.24, 2.45) is 0 Å². The molecule has 0 unspecified atom stereocenters. The summed E-state index contributed by atoms with van der Waals surface area (Å²) >= 11 is 5.87. The summed E-state index contributed by atoms with van der Waals surface area (Å²) in [7, 11) is 1.40. The predicted octanol–water partition coefficient (Wildman–Crippen LogP) is -0.431. The van der Waals surface area contributed by atoms with Crippen LogP contribution in [0.1, 0.15) is 11.7 Å². The lowest BCUT2D eigenvalue weighted by Gasteiger charge is -2.40. The van der Waals surface area contributed by atoms with Crippen molar-refractivity contribution in [1.82, 2.24) is 0 Å². The van der Waals surface area contributed by atoms with Gasteiger partial charge in [0.1, 0.15) is 42.0 Å². The Kier molecular flexibility index (Phi) is 4.92. The van der Waals surface area contributed by atoms with Crippen molar-refractivity contribution in [2.45, 2.75) is 30.5 Å². The summed E-state index contributed by atoms with van der Waals surface area (Å²) < 4.78 is 10.4. The molecule has 0 aliphatic carbocycles. The molecule has 0 saturated carbocycles. The second kappa shape index (κ2) is 6.35. The summed E-state index contributed by atoms with van der Waals surface area (Å²) in [4.78, 5) is 0. The number of aliphatic hydroxyl groups is 4. The van der Waals surface area contributed by atoms with E-state index < -0.39 is 37.1 Å². The lowest BCUT2D eigenvalue weighted by Crippen LogP contribution is -2.55. The smallest absolute Gasteiger partial charge is 0.140 e. The summed E-state index contributed by atoms with van der Waals surface area (Å²) in [6.07, 6.45) is -6.75. The number of rotatable bonds is 3. The average molecular weight is 321 g/mol. The Balaban J connectivity index is 2.42. The zero-order valence-corrected chi connectivity index (χ0v) is 11.9. The first-order valence-electron chi connectivity index (χ1n) is 6.27. The van der Waals surface area contributed by atoms with E-state index in [0.717, 1.165) is 0 Å². The molecular weight excluding hydrogens is 304 g/mol. The fourth-order valence-corrected chi connectivity index (χ4v) is 2.50. The van der Waals surface area contributed by atoms with Crippen LogP contribution >= 0.6 is 11.6 Å². The number of methoxy groups -OCH3 is 1. The molecule has 5 N–H and O–H groups in total. The Morgan fingerprint density at radius 2 is 1.86 bits per heavy atom. The minimum Gasteiger partial charge on any atom is -0.506 e. The van der Waals surface area contributed by atoms with Gasteiger partial charge in [-0.25, -0.2) is 0 Å². The number of aliphatic hydroxyl groups excluding tert-OH is 4. The quantitative estimate of drug-likeness (QED) is 0.512. The number of phenols is 1. The molecule has 1 heterocycles. The number of aromatic hydroxyl groups is 1. The second-order valence-electron chi connectivity index (χ2n) is 4.80. The van der Waals surface area contributed by atoms with Gasteiger partial charge >= 0.3 is 0 Å². The molecule has 2 rings (SSSR count). The Hall–Kier alpha value is -1.09. The first-order chi connectivity index (χ1) is 9.90. The maximum atomic E-state index is 10.0. The van der Waals surface area contributed by atoms with Gasteiger partial charge in [-0.2, -0.15) is 0 Å². The summed E-state index contributed by atoms with van der Waals surface area (Å²) in [5, 5.41) is 48.7. The molecule has 0 spiro atoms. The number of hydrogen-bond donors (Lipinski definition) is 5. The number of benzene rings is 1. The predicted molar refractivity (Wildman–Crippen MR) is 72.4 cm³/mol. The molecule has 8 heteroatoms. The minimum absolute atomic E-state index is 0.0127. The summed E-state index contributed by atoms with van der Waals surface area (Å²) in [6, 6.07) is 2.78. The number of hydrogen-bond acceptors (Lipinski definition) is 7. The average Bonchev–Trinajstić information content (AvgIpc) is 2.48. The third kappa shape index (κ3) is 2.94. The van der Waals surface area contributed by atoms with Crippen molar-refractivity contribution in [1.29, 1.82) is 0 Å². The standard InChI is InChI=1S/C13H17ClO7/c1-20-5-2-6(9(16)7(14)3-5)13-12(19)11(18)10(17)8(4-15)21-13/h2-3,8,10-13,15-19H,4H2,1H3/t8-,10+,11+,12-,13+/m1/s1. The van der Waals surface area contributed by atoms with E-state index in [4.69, 9.17) is 26.2 Å². The van der Waals surface area contributed by atoms with Crippen LogP contribution in [0.25, 0.3) is 0 Å². The highest BCUT2D eigenvalue weighted by Crippen LogP contribution is 2.41. The normalized spacial score (nSPS) is 33.0. The third-order valence-corrected chi connectivity index (χ3v) is 3.79. The van der Waals surface area contributed by atoms with Crippen LogP contribution in [0.15, 0.2) is 12.1 Å². The first kappa shape index (κ1) is 16.3. The second-order valence-corrected chi connectivity index (χ2v) is 5.20. The van der Waals surface area contributed by atoms with Crippen LogP contribution in [-0.4, -0.2) is 63.7 Å². The molecule has 1 fully saturated rings. The van der Waals surface area contributed by atoms with Crippen LogP contribution < -0.4 is 4.74 Å². The van der Waals surface area contributed by atoms with Crippen molar-refractivity contribution in [3.05, 3.63) is 22.7 Å². The lowest BCUT2D eigenvalue weighted by molar-refractivity contribution is -0.232. The largest absolute Gasteiger partial charge is 0.506 e. The van der Waals surface area contributed by atoms with Crippen LogP contribution in [0.2, 0.25) is 5.02 Å². The fourth-order valence-electron chi connectivity index (χ4n) is 2.29. The molecule has 7 nitrogen and oxygen atoms in total. The van der Waals surface area contributed by atoms with Crippen molar-refractivity contribution < 1.29 is 35.0 Å². The van der Waals surface area contributed by atoms with Gasteiger partial charge in [0.05, 0.1) is 18.7 Å². The van der Waals surface area contributed by atoms with Gasteiger partial charge in [-0.3, -0.25) is 0 Å². The highest BCUT2D eigenvalue weighted by Gasteiger charge is 2.45. The molecular formula is C13H17ClO7. The Bertz CT molecular complexity index is 508. The number of phenolic OH excluding ortho intramolecular Hbond substituents is 1. The van der Waals surface area contributed by atoms with Gasteiger partial charge in [-0.15, -0.1) is 0 Å². The van der Waals surface area contributed by atoms with Crippen LogP contribution in [0, 0.1) is 0 Å². The summed E-state index contributed by atoms with van der Waals surface area (Å²) in [5.41, 5.74) is 0.0938. The Morgan fingerprint density at radius 3 is 2.43 bits per heavy atom. The van der Waals surface area contributed by atoms with Gasteiger partial charge in [-0.1, -0.05) is 11.6 Å². The molecule has 1 aromatic rings. The monoisotopic (exact) mass is 320 g/mol.